The van der Waals surface area contributed by atoms with Crippen LogP contribution in [0.2, 0.25) is 0 Å². The Hall–Kier alpha value is -0.850. The Bertz CT molecular complexity index is 339. The first kappa shape index (κ1) is 8.25. The molecule has 0 radical (unpaired) electrons. The van der Waals surface area contributed by atoms with Crippen LogP contribution in [0.5, 0.6) is 0 Å². The Morgan fingerprint density at radius 2 is 2.18 bits per heavy atom. The monoisotopic (exact) mass is 177 g/mol. The third kappa shape index (κ3) is 1.59. The summed E-state index contributed by atoms with van der Waals surface area (Å²) in [4.78, 5) is 1.15. The maximum Gasteiger partial charge on any atom is 0.295 e. The number of aryl methyl sites for hydroxylation is 1. The van der Waals surface area contributed by atoms with E-state index in [1.807, 2.05) is 0 Å². The van der Waals surface area contributed by atoms with Gasteiger partial charge in [-0.05, 0) is 19.1 Å². The third-order valence-electron chi connectivity index (χ3n) is 1.10. The van der Waals surface area contributed by atoms with Crippen LogP contribution in [0.1, 0.15) is 5.76 Å². The van der Waals surface area contributed by atoms with E-state index in [9.17, 15) is 8.42 Å². The van der Waals surface area contributed by atoms with Crippen LogP contribution in [0.4, 0.5) is 0 Å². The quantitative estimate of drug-likeness (QED) is 0.635. The fourth-order valence-corrected chi connectivity index (χ4v) is 1.18. The van der Waals surface area contributed by atoms with Crippen molar-refractivity contribution in [2.75, 3.05) is 0 Å². The molecular formula is C5H7NO4S. The van der Waals surface area contributed by atoms with Gasteiger partial charge in [-0.2, -0.15) is 0 Å². The van der Waals surface area contributed by atoms with Crippen LogP contribution in [-0.2, 0) is 10.0 Å². The van der Waals surface area contributed by atoms with E-state index < -0.39 is 10.0 Å². The van der Waals surface area contributed by atoms with Crippen LogP contribution in [-0.4, -0.2) is 13.6 Å². The Kier molecular flexibility index (Phi) is 1.99. The predicted molar refractivity (Wildman–Crippen MR) is 35.6 cm³/mol. The summed E-state index contributed by atoms with van der Waals surface area (Å²) in [6.45, 7) is 1.61. The molecule has 0 aromatic carbocycles. The summed E-state index contributed by atoms with van der Waals surface area (Å²) in [6, 6.07) is 2.75. The highest BCUT2D eigenvalue weighted by Gasteiger charge is 2.15. The summed E-state index contributed by atoms with van der Waals surface area (Å²) in [5.41, 5.74) is 0. The lowest BCUT2D eigenvalue weighted by molar-refractivity contribution is 0.238. The van der Waals surface area contributed by atoms with Gasteiger partial charge in [0.05, 0.1) is 0 Å². The zero-order chi connectivity index (χ0) is 8.48. The molecule has 0 saturated heterocycles. The second-order valence-corrected chi connectivity index (χ2v) is 3.55. The third-order valence-corrected chi connectivity index (χ3v) is 2.09. The van der Waals surface area contributed by atoms with Gasteiger partial charge >= 0.3 is 0 Å². The fraction of sp³-hybridized carbons (Fsp3) is 0.200. The summed E-state index contributed by atoms with van der Waals surface area (Å²) in [5.74, 6) is 0.471. The highest BCUT2D eigenvalue weighted by atomic mass is 32.2. The average Bonchev–Trinajstić information content (AvgIpc) is 2.36. The zero-order valence-corrected chi connectivity index (χ0v) is 6.55. The minimum atomic E-state index is -3.84. The summed E-state index contributed by atoms with van der Waals surface area (Å²) in [5, 5.41) is 7.86. The molecule has 0 amide bonds. The molecular weight excluding hydrogens is 170 g/mol. The Balaban J connectivity index is 3.13. The first-order valence-electron chi connectivity index (χ1n) is 2.78. The lowest BCUT2D eigenvalue weighted by Crippen LogP contribution is -2.18. The molecule has 2 N–H and O–H groups in total. The van der Waals surface area contributed by atoms with Crippen LogP contribution in [0.25, 0.3) is 0 Å². The standard InChI is InChI=1S/C5H7NO4S/c1-4-2-3-5(10-4)11(8,9)6-7/h2-3,6-7H,1H3. The molecule has 6 heteroatoms. The van der Waals surface area contributed by atoms with Crippen molar-refractivity contribution in [3.05, 3.63) is 17.9 Å². The molecule has 0 spiro atoms. The lowest BCUT2D eigenvalue weighted by Gasteiger charge is -1.93. The number of nitrogens with one attached hydrogen (secondary N) is 1. The van der Waals surface area contributed by atoms with Crippen LogP contribution < -0.4 is 4.89 Å². The minimum Gasteiger partial charge on any atom is -0.449 e. The second-order valence-electron chi connectivity index (χ2n) is 1.96. The maximum atomic E-state index is 10.8. The van der Waals surface area contributed by atoms with Crippen molar-refractivity contribution >= 4 is 10.0 Å². The molecule has 1 heterocycles. The molecule has 0 saturated carbocycles. The van der Waals surface area contributed by atoms with Gasteiger partial charge in [-0.3, -0.25) is 0 Å². The molecule has 0 bridgehead atoms. The maximum absolute atomic E-state index is 10.8. The normalized spacial score (nSPS) is 11.8. The molecule has 0 aliphatic carbocycles. The highest BCUT2D eigenvalue weighted by Crippen LogP contribution is 2.11. The van der Waals surface area contributed by atoms with E-state index in [4.69, 9.17) is 9.62 Å². The van der Waals surface area contributed by atoms with Crippen LogP contribution in [0.15, 0.2) is 21.6 Å². The molecule has 1 rings (SSSR count). The average molecular weight is 177 g/mol. The van der Waals surface area contributed by atoms with Gasteiger partial charge in [-0.25, -0.2) is 8.42 Å². The lowest BCUT2D eigenvalue weighted by atomic mass is 10.5. The number of hydrogen-bond acceptors (Lipinski definition) is 4. The van der Waals surface area contributed by atoms with Crippen LogP contribution in [0.3, 0.4) is 0 Å². The summed E-state index contributed by atoms with van der Waals surface area (Å²) >= 11 is 0. The van der Waals surface area contributed by atoms with E-state index in [0.717, 1.165) is 4.89 Å². The van der Waals surface area contributed by atoms with E-state index in [2.05, 4.69) is 0 Å². The zero-order valence-electron chi connectivity index (χ0n) is 5.73. The molecule has 0 unspecified atom stereocenters. The van der Waals surface area contributed by atoms with Gasteiger partial charge in [0.2, 0.25) is 5.09 Å². The van der Waals surface area contributed by atoms with Gasteiger partial charge < -0.3 is 9.62 Å². The number of rotatable bonds is 2. The van der Waals surface area contributed by atoms with Gasteiger partial charge in [-0.15, -0.1) is 0 Å². The van der Waals surface area contributed by atoms with Gasteiger partial charge in [0.25, 0.3) is 10.0 Å². The Morgan fingerprint density at radius 1 is 1.55 bits per heavy atom. The largest absolute Gasteiger partial charge is 0.449 e. The summed E-state index contributed by atoms with van der Waals surface area (Å²) in [7, 11) is -3.84. The van der Waals surface area contributed by atoms with Crippen molar-refractivity contribution < 1.29 is 18.0 Å². The first-order chi connectivity index (χ1) is 5.06. The predicted octanol–water partition coefficient (Wildman–Crippen LogP) is 0.256. The van der Waals surface area contributed by atoms with Crippen LogP contribution in [0, 0.1) is 6.92 Å². The van der Waals surface area contributed by atoms with Gasteiger partial charge in [-0.1, -0.05) is 4.89 Å². The highest BCUT2D eigenvalue weighted by molar-refractivity contribution is 7.89. The molecule has 62 valence electrons. The van der Waals surface area contributed by atoms with Crippen molar-refractivity contribution in [3.8, 4) is 0 Å². The molecule has 5 nitrogen and oxygen atoms in total. The van der Waals surface area contributed by atoms with Crippen molar-refractivity contribution in [1.29, 1.82) is 0 Å². The van der Waals surface area contributed by atoms with E-state index in [1.165, 1.54) is 12.1 Å². The van der Waals surface area contributed by atoms with E-state index in [0.29, 0.717) is 5.76 Å². The molecule has 0 fully saturated rings. The molecule has 1 aromatic rings. The Labute approximate surface area is 63.6 Å². The topological polar surface area (TPSA) is 79.5 Å². The Morgan fingerprint density at radius 3 is 2.55 bits per heavy atom. The second kappa shape index (κ2) is 2.65. The summed E-state index contributed by atoms with van der Waals surface area (Å²) < 4.78 is 26.2. The molecule has 0 atom stereocenters. The van der Waals surface area contributed by atoms with Gasteiger partial charge in [0.1, 0.15) is 5.76 Å². The smallest absolute Gasteiger partial charge is 0.295 e. The van der Waals surface area contributed by atoms with Gasteiger partial charge in [0, 0.05) is 0 Å². The SMILES string of the molecule is Cc1ccc(S(=O)(=O)NO)o1. The van der Waals surface area contributed by atoms with E-state index >= 15 is 0 Å². The van der Waals surface area contributed by atoms with Crippen molar-refractivity contribution in [1.82, 2.24) is 4.89 Å². The van der Waals surface area contributed by atoms with Crippen molar-refractivity contribution in [3.63, 3.8) is 0 Å². The van der Waals surface area contributed by atoms with E-state index in [1.54, 1.807) is 6.92 Å². The molecule has 0 aliphatic rings. The number of furan rings is 1. The number of sulfonamides is 1. The van der Waals surface area contributed by atoms with Gasteiger partial charge in [0.15, 0.2) is 0 Å². The molecule has 0 aliphatic heterocycles. The fourth-order valence-electron chi connectivity index (χ4n) is 0.602. The minimum absolute atomic E-state index is 0.294. The molecule has 11 heavy (non-hydrogen) atoms. The summed E-state index contributed by atoms with van der Waals surface area (Å²) in [6.07, 6.45) is 0. The van der Waals surface area contributed by atoms with Crippen LogP contribution >= 0.6 is 0 Å². The van der Waals surface area contributed by atoms with E-state index in [-0.39, 0.29) is 5.09 Å². The first-order valence-corrected chi connectivity index (χ1v) is 4.27. The number of hydrogen-bond donors (Lipinski definition) is 2. The van der Waals surface area contributed by atoms with Crippen molar-refractivity contribution in [2.24, 2.45) is 0 Å². The van der Waals surface area contributed by atoms with Crippen molar-refractivity contribution in [2.45, 2.75) is 12.0 Å². The molecule has 1 aromatic heterocycles.